The van der Waals surface area contributed by atoms with E-state index in [1.165, 1.54) is 13.0 Å². The van der Waals surface area contributed by atoms with E-state index in [9.17, 15) is 4.79 Å². The van der Waals surface area contributed by atoms with E-state index in [2.05, 4.69) is 17.1 Å². The molecule has 1 unspecified atom stereocenters. The number of likely N-dealkylation sites (N-methyl/N-ethyl adjacent to an activating group) is 1. The molecule has 2 saturated heterocycles. The van der Waals surface area contributed by atoms with Crippen molar-refractivity contribution in [2.24, 2.45) is 0 Å². The normalized spacial score (nSPS) is 34.5. The molecular weight excluding hydrogens is 196 g/mol. The van der Waals surface area contributed by atoms with Crippen LogP contribution in [0.5, 0.6) is 0 Å². The zero-order valence-corrected chi connectivity index (χ0v) is 9.53. The van der Waals surface area contributed by atoms with Crippen LogP contribution in [0.3, 0.4) is 0 Å². The topological polar surface area (TPSA) is 32.3 Å². The number of piperidine rings is 1. The van der Waals surface area contributed by atoms with Gasteiger partial charge in [-0.2, -0.15) is 0 Å². The van der Waals surface area contributed by atoms with Gasteiger partial charge in [-0.25, -0.2) is 0 Å². The van der Waals surface area contributed by atoms with E-state index >= 15 is 0 Å². The van der Waals surface area contributed by atoms with Crippen LogP contribution in [0.2, 0.25) is 0 Å². The SMILES string of the molecule is CCN1CCCC2(C1)NC(=O)CCS2. The Balaban J connectivity index is 2.02. The van der Waals surface area contributed by atoms with Gasteiger partial charge in [0.2, 0.25) is 5.91 Å². The molecule has 2 heterocycles. The maximum Gasteiger partial charge on any atom is 0.221 e. The third-order valence-electron chi connectivity index (χ3n) is 3.06. The average Bonchev–Trinajstić information content (AvgIpc) is 2.17. The van der Waals surface area contributed by atoms with Crippen molar-refractivity contribution in [1.29, 1.82) is 0 Å². The number of carbonyl (C=O) groups excluding carboxylic acids is 1. The molecule has 3 nitrogen and oxygen atoms in total. The summed E-state index contributed by atoms with van der Waals surface area (Å²) in [5.74, 6) is 1.23. The molecule has 0 saturated carbocycles. The van der Waals surface area contributed by atoms with E-state index in [-0.39, 0.29) is 10.8 Å². The molecule has 4 heteroatoms. The van der Waals surface area contributed by atoms with Crippen molar-refractivity contribution in [3.63, 3.8) is 0 Å². The van der Waals surface area contributed by atoms with Gasteiger partial charge in [0.25, 0.3) is 0 Å². The van der Waals surface area contributed by atoms with Crippen molar-refractivity contribution >= 4 is 17.7 Å². The largest absolute Gasteiger partial charge is 0.340 e. The predicted octanol–water partition coefficient (Wildman–Crippen LogP) is 1.05. The molecule has 0 bridgehead atoms. The molecule has 2 rings (SSSR count). The highest BCUT2D eigenvalue weighted by molar-refractivity contribution is 8.00. The van der Waals surface area contributed by atoms with Crippen molar-refractivity contribution in [3.8, 4) is 0 Å². The molecule has 2 aliphatic rings. The summed E-state index contributed by atoms with van der Waals surface area (Å²) in [6, 6.07) is 0. The van der Waals surface area contributed by atoms with Crippen LogP contribution in [0.25, 0.3) is 0 Å². The van der Waals surface area contributed by atoms with Crippen LogP contribution in [0.15, 0.2) is 0 Å². The van der Waals surface area contributed by atoms with Gasteiger partial charge in [-0.1, -0.05) is 6.92 Å². The number of hydrogen-bond acceptors (Lipinski definition) is 3. The summed E-state index contributed by atoms with van der Waals surface area (Å²) in [6.45, 7) is 5.50. The summed E-state index contributed by atoms with van der Waals surface area (Å²) in [5, 5.41) is 3.18. The molecule has 1 amide bonds. The number of nitrogens with zero attached hydrogens (tertiary/aromatic N) is 1. The second kappa shape index (κ2) is 4.11. The second-order valence-corrected chi connectivity index (χ2v) is 5.59. The number of hydrogen-bond donors (Lipinski definition) is 1. The van der Waals surface area contributed by atoms with Gasteiger partial charge >= 0.3 is 0 Å². The summed E-state index contributed by atoms with van der Waals surface area (Å²) in [5.41, 5.74) is 0. The molecule has 1 atom stereocenters. The first-order valence-electron chi connectivity index (χ1n) is 5.41. The fourth-order valence-electron chi connectivity index (χ4n) is 2.29. The van der Waals surface area contributed by atoms with Crippen LogP contribution in [0.4, 0.5) is 0 Å². The smallest absolute Gasteiger partial charge is 0.221 e. The van der Waals surface area contributed by atoms with Crippen molar-refractivity contribution in [1.82, 2.24) is 10.2 Å². The second-order valence-electron chi connectivity index (χ2n) is 4.11. The highest BCUT2D eigenvalue weighted by Crippen LogP contribution is 2.35. The maximum atomic E-state index is 11.4. The van der Waals surface area contributed by atoms with Crippen LogP contribution in [-0.2, 0) is 4.79 Å². The Morgan fingerprint density at radius 1 is 1.64 bits per heavy atom. The number of amides is 1. The summed E-state index contributed by atoms with van der Waals surface area (Å²) in [6.07, 6.45) is 3.04. The van der Waals surface area contributed by atoms with Crippen LogP contribution in [0, 0.1) is 0 Å². The molecule has 14 heavy (non-hydrogen) atoms. The van der Waals surface area contributed by atoms with E-state index in [0.29, 0.717) is 6.42 Å². The minimum Gasteiger partial charge on any atom is -0.340 e. The first kappa shape index (κ1) is 10.3. The van der Waals surface area contributed by atoms with Gasteiger partial charge in [0.05, 0.1) is 4.87 Å². The van der Waals surface area contributed by atoms with E-state index in [0.717, 1.165) is 25.3 Å². The molecule has 2 aliphatic heterocycles. The van der Waals surface area contributed by atoms with Gasteiger partial charge in [0, 0.05) is 18.7 Å². The van der Waals surface area contributed by atoms with Gasteiger partial charge in [0.1, 0.15) is 0 Å². The van der Waals surface area contributed by atoms with Gasteiger partial charge in [-0.05, 0) is 25.9 Å². The first-order chi connectivity index (χ1) is 6.74. The van der Waals surface area contributed by atoms with Crippen LogP contribution in [0.1, 0.15) is 26.2 Å². The van der Waals surface area contributed by atoms with Crippen molar-refractivity contribution in [2.45, 2.75) is 31.1 Å². The van der Waals surface area contributed by atoms with Gasteiger partial charge < -0.3 is 10.2 Å². The minimum absolute atomic E-state index is 0.0452. The van der Waals surface area contributed by atoms with E-state index in [1.54, 1.807) is 0 Å². The third-order valence-corrected chi connectivity index (χ3v) is 4.45. The fraction of sp³-hybridized carbons (Fsp3) is 0.900. The Labute approximate surface area is 89.6 Å². The Bertz CT molecular complexity index is 230. The molecule has 80 valence electrons. The standard InChI is InChI=1S/C10H18N2OS/c1-2-12-6-3-5-10(8-12)11-9(13)4-7-14-10/h2-8H2,1H3,(H,11,13). The summed E-state index contributed by atoms with van der Waals surface area (Å²) < 4.78 is 0. The molecule has 0 aliphatic carbocycles. The lowest BCUT2D eigenvalue weighted by molar-refractivity contribution is -0.122. The summed E-state index contributed by atoms with van der Waals surface area (Å²) in [7, 11) is 0. The zero-order chi connectivity index (χ0) is 10.0. The van der Waals surface area contributed by atoms with Crippen LogP contribution in [-0.4, -0.2) is 41.1 Å². The Kier molecular flexibility index (Phi) is 3.02. The third kappa shape index (κ3) is 2.06. The number of thioether (sulfide) groups is 1. The average molecular weight is 214 g/mol. The molecule has 0 radical (unpaired) electrons. The zero-order valence-electron chi connectivity index (χ0n) is 8.71. The van der Waals surface area contributed by atoms with Crippen molar-refractivity contribution in [2.75, 3.05) is 25.4 Å². The number of carbonyl (C=O) groups is 1. The number of likely N-dealkylation sites (tertiary alicyclic amines) is 1. The lowest BCUT2D eigenvalue weighted by Crippen LogP contribution is -2.58. The number of nitrogens with one attached hydrogen (secondary N) is 1. The van der Waals surface area contributed by atoms with Crippen LogP contribution >= 0.6 is 11.8 Å². The van der Waals surface area contributed by atoms with E-state index < -0.39 is 0 Å². The lowest BCUT2D eigenvalue weighted by Gasteiger charge is -2.44. The molecule has 1 spiro atoms. The predicted molar refractivity (Wildman–Crippen MR) is 59.3 cm³/mol. The quantitative estimate of drug-likeness (QED) is 0.708. The summed E-state index contributed by atoms with van der Waals surface area (Å²) in [4.78, 5) is 13.9. The fourth-order valence-corrected chi connectivity index (χ4v) is 3.72. The Morgan fingerprint density at radius 2 is 2.50 bits per heavy atom. The molecular formula is C10H18N2OS. The monoisotopic (exact) mass is 214 g/mol. The lowest BCUT2D eigenvalue weighted by atomic mass is 10.0. The highest BCUT2D eigenvalue weighted by Gasteiger charge is 2.38. The Morgan fingerprint density at radius 3 is 3.21 bits per heavy atom. The van der Waals surface area contributed by atoms with E-state index in [1.807, 2.05) is 11.8 Å². The first-order valence-corrected chi connectivity index (χ1v) is 6.40. The molecule has 0 aromatic carbocycles. The highest BCUT2D eigenvalue weighted by atomic mass is 32.2. The van der Waals surface area contributed by atoms with Crippen LogP contribution < -0.4 is 5.32 Å². The van der Waals surface area contributed by atoms with E-state index in [4.69, 9.17) is 0 Å². The minimum atomic E-state index is 0.0452. The Hall–Kier alpha value is -0.220. The van der Waals surface area contributed by atoms with Crippen molar-refractivity contribution in [3.05, 3.63) is 0 Å². The summed E-state index contributed by atoms with van der Waals surface area (Å²) >= 11 is 1.94. The molecule has 2 fully saturated rings. The number of rotatable bonds is 1. The van der Waals surface area contributed by atoms with Gasteiger partial charge in [-0.3, -0.25) is 4.79 Å². The van der Waals surface area contributed by atoms with Gasteiger partial charge in [-0.15, -0.1) is 11.8 Å². The molecule has 1 N–H and O–H groups in total. The van der Waals surface area contributed by atoms with Gasteiger partial charge in [0.15, 0.2) is 0 Å². The maximum absolute atomic E-state index is 11.4. The van der Waals surface area contributed by atoms with Crippen molar-refractivity contribution < 1.29 is 4.79 Å². The molecule has 0 aromatic heterocycles. The molecule has 0 aromatic rings.